The van der Waals surface area contributed by atoms with Gasteiger partial charge in [-0.1, -0.05) is 12.1 Å². The number of benzene rings is 1. The number of aromatic hydroxyl groups is 1. The van der Waals surface area contributed by atoms with E-state index < -0.39 is 28.7 Å². The van der Waals surface area contributed by atoms with Crippen LogP contribution in [0.1, 0.15) is 39.2 Å². The second-order valence-corrected chi connectivity index (χ2v) is 7.48. The molecule has 0 aliphatic heterocycles. The molecule has 30 heavy (non-hydrogen) atoms. The van der Waals surface area contributed by atoms with Crippen LogP contribution in [0.4, 0.5) is 4.79 Å². The van der Waals surface area contributed by atoms with Gasteiger partial charge in [0.15, 0.2) is 5.03 Å². The highest BCUT2D eigenvalue weighted by Gasteiger charge is 2.31. The number of hydrogen-bond donors (Lipinski definition) is 4. The topological polar surface area (TPSA) is 186 Å². The van der Waals surface area contributed by atoms with E-state index in [4.69, 9.17) is 16.2 Å². The molecule has 0 radical (unpaired) electrons. The lowest BCUT2D eigenvalue weighted by atomic mass is 10.1. The summed E-state index contributed by atoms with van der Waals surface area (Å²) in [6.45, 7) is 5.30. The normalized spacial score (nSPS) is 12.7. The first-order valence-corrected chi connectivity index (χ1v) is 9.18. The van der Waals surface area contributed by atoms with Crippen LogP contribution in [0, 0.1) is 10.1 Å². The van der Waals surface area contributed by atoms with E-state index in [9.17, 15) is 24.8 Å². The van der Waals surface area contributed by atoms with Crippen LogP contribution in [-0.2, 0) is 16.1 Å². The van der Waals surface area contributed by atoms with Gasteiger partial charge < -0.3 is 26.6 Å². The molecule has 12 heteroatoms. The number of amides is 2. The molecule has 0 unspecified atom stereocenters. The lowest BCUT2D eigenvalue weighted by Gasteiger charge is -2.32. The summed E-state index contributed by atoms with van der Waals surface area (Å²) in [5, 5.41) is 24.2. The fraction of sp³-hybridized carbons (Fsp3) is 0.500. The van der Waals surface area contributed by atoms with Crippen molar-refractivity contribution >= 4 is 18.0 Å². The number of carbonyl (C=O) groups is 2. The highest BCUT2D eigenvalue weighted by molar-refractivity contribution is 5.84. The second kappa shape index (κ2) is 10.8. The fourth-order valence-electron chi connectivity index (χ4n) is 2.51. The molecule has 0 aliphatic carbocycles. The van der Waals surface area contributed by atoms with Gasteiger partial charge in [-0.05, 0) is 51.3 Å². The Morgan fingerprint density at radius 3 is 2.40 bits per heavy atom. The summed E-state index contributed by atoms with van der Waals surface area (Å²) in [7, 11) is 0. The molecule has 1 atom stereocenters. The van der Waals surface area contributed by atoms with Crippen molar-refractivity contribution in [2.75, 3.05) is 6.54 Å². The number of nitrogens with zero attached hydrogens (tertiary/aromatic N) is 3. The Balaban J connectivity index is 2.94. The number of nitrogens with one attached hydrogen (secondary N) is 1. The lowest BCUT2D eigenvalue weighted by Crippen LogP contribution is -2.49. The molecule has 12 nitrogen and oxygen atoms in total. The van der Waals surface area contributed by atoms with Crippen LogP contribution in [0.3, 0.4) is 0 Å². The molecular formula is C18H28N6O6. The number of guanidine groups is 1. The summed E-state index contributed by atoms with van der Waals surface area (Å²) in [4.78, 5) is 36.4. The Bertz CT molecular complexity index is 774. The third-order valence-electron chi connectivity index (χ3n) is 3.77. The van der Waals surface area contributed by atoms with Gasteiger partial charge in [-0.25, -0.2) is 14.9 Å². The molecule has 0 fully saturated rings. The van der Waals surface area contributed by atoms with Crippen molar-refractivity contribution in [3.63, 3.8) is 0 Å². The number of nitrogens with two attached hydrogens (primary N) is 2. The van der Waals surface area contributed by atoms with E-state index in [1.807, 2.05) is 0 Å². The maximum absolute atomic E-state index is 12.8. The van der Waals surface area contributed by atoms with Crippen LogP contribution in [-0.4, -0.2) is 51.2 Å². The predicted octanol–water partition coefficient (Wildman–Crippen LogP) is 0.859. The van der Waals surface area contributed by atoms with Gasteiger partial charge >= 0.3 is 6.09 Å². The molecule has 0 aromatic heterocycles. The van der Waals surface area contributed by atoms with Gasteiger partial charge in [0, 0.05) is 13.1 Å². The molecule has 0 saturated heterocycles. The minimum absolute atomic E-state index is 0.0289. The number of carbonyl (C=O) groups excluding carboxylic acids is 2. The monoisotopic (exact) mass is 424 g/mol. The maximum atomic E-state index is 12.8. The number of ether oxygens (including phenoxy) is 1. The first-order valence-electron chi connectivity index (χ1n) is 9.18. The number of nitro groups is 1. The third kappa shape index (κ3) is 9.08. The minimum atomic E-state index is -0.996. The first kappa shape index (κ1) is 24.5. The van der Waals surface area contributed by atoms with E-state index in [0.717, 1.165) is 0 Å². The molecule has 1 rings (SSSR count). The van der Waals surface area contributed by atoms with E-state index in [2.05, 4.69) is 10.4 Å². The van der Waals surface area contributed by atoms with Crippen LogP contribution in [0.15, 0.2) is 29.4 Å². The van der Waals surface area contributed by atoms with Gasteiger partial charge in [-0.3, -0.25) is 9.69 Å². The van der Waals surface area contributed by atoms with Crippen molar-refractivity contribution in [2.45, 2.75) is 51.8 Å². The minimum Gasteiger partial charge on any atom is -0.508 e. The zero-order valence-electron chi connectivity index (χ0n) is 17.2. The van der Waals surface area contributed by atoms with Gasteiger partial charge in [0.05, 0.1) is 0 Å². The summed E-state index contributed by atoms with van der Waals surface area (Å²) in [6.07, 6.45) is -0.247. The molecule has 0 aliphatic rings. The van der Waals surface area contributed by atoms with E-state index in [-0.39, 0.29) is 31.2 Å². The van der Waals surface area contributed by atoms with Gasteiger partial charge in [0.2, 0.25) is 5.91 Å². The average Bonchev–Trinajstić information content (AvgIpc) is 2.59. The van der Waals surface area contributed by atoms with Crippen LogP contribution < -0.4 is 16.8 Å². The van der Waals surface area contributed by atoms with Gasteiger partial charge in [0.1, 0.15) is 22.5 Å². The van der Waals surface area contributed by atoms with E-state index in [0.29, 0.717) is 12.0 Å². The largest absolute Gasteiger partial charge is 0.508 e. The third-order valence-corrected chi connectivity index (χ3v) is 3.77. The molecule has 1 aromatic rings. The van der Waals surface area contributed by atoms with Gasteiger partial charge in [-0.15, -0.1) is 0 Å². The van der Waals surface area contributed by atoms with Gasteiger partial charge in [-0.2, -0.15) is 0 Å². The van der Waals surface area contributed by atoms with E-state index in [1.54, 1.807) is 32.9 Å². The van der Waals surface area contributed by atoms with E-state index >= 15 is 0 Å². The molecule has 6 N–H and O–H groups in total. The van der Waals surface area contributed by atoms with E-state index in [1.165, 1.54) is 17.0 Å². The Kier molecular flexibility index (Phi) is 8.84. The maximum Gasteiger partial charge on any atom is 0.411 e. The van der Waals surface area contributed by atoms with Crippen molar-refractivity contribution < 1.29 is 24.5 Å². The molecule has 0 spiro atoms. The second-order valence-electron chi connectivity index (χ2n) is 7.48. The van der Waals surface area contributed by atoms with Crippen molar-refractivity contribution in [1.29, 1.82) is 0 Å². The van der Waals surface area contributed by atoms with Crippen molar-refractivity contribution in [2.24, 2.45) is 16.6 Å². The zero-order valence-corrected chi connectivity index (χ0v) is 17.2. The number of primary amides is 1. The quantitative estimate of drug-likeness (QED) is 0.148. The van der Waals surface area contributed by atoms with Crippen molar-refractivity contribution in [3.05, 3.63) is 39.9 Å². The number of phenols is 1. The predicted molar refractivity (Wildman–Crippen MR) is 109 cm³/mol. The van der Waals surface area contributed by atoms with Crippen LogP contribution in [0.25, 0.3) is 0 Å². The summed E-state index contributed by atoms with van der Waals surface area (Å²) in [5.41, 5.74) is 10.7. The Morgan fingerprint density at radius 2 is 1.90 bits per heavy atom. The standard InChI is InChI=1S/C18H28N6O6/c1-18(2,3)30-17(27)23(11-12-6-8-13(25)9-7-12)14(15(19)26)5-4-10-21-16(20)22-24(28)29/h6-9,14,25H,4-5,10-11H2,1-3H3,(H2,19,26)(H3,20,21,22)/t14-/m1/s1. The smallest absolute Gasteiger partial charge is 0.411 e. The Morgan fingerprint density at radius 1 is 1.30 bits per heavy atom. The number of hydrazone groups is 1. The Labute approximate surface area is 174 Å². The molecule has 0 bridgehead atoms. The first-order chi connectivity index (χ1) is 13.9. The fourth-order valence-corrected chi connectivity index (χ4v) is 2.51. The number of phenolic OH excluding ortho intramolecular Hbond substituents is 1. The molecule has 0 heterocycles. The zero-order chi connectivity index (χ0) is 22.9. The molecule has 1 aromatic carbocycles. The van der Waals surface area contributed by atoms with Crippen LogP contribution >= 0.6 is 0 Å². The highest BCUT2D eigenvalue weighted by Crippen LogP contribution is 2.19. The summed E-state index contributed by atoms with van der Waals surface area (Å²) in [5.74, 6) is -1.04. The summed E-state index contributed by atoms with van der Waals surface area (Å²) >= 11 is 0. The van der Waals surface area contributed by atoms with Gasteiger partial charge in [0.25, 0.3) is 5.96 Å². The summed E-state index contributed by atoms with van der Waals surface area (Å²) in [6, 6.07) is 5.15. The molecular weight excluding hydrogens is 396 g/mol. The number of hydrogen-bond acceptors (Lipinski definition) is 6. The lowest BCUT2D eigenvalue weighted by molar-refractivity contribution is -0.485. The van der Waals surface area contributed by atoms with Crippen LogP contribution in [0.5, 0.6) is 5.75 Å². The van der Waals surface area contributed by atoms with Crippen LogP contribution in [0.2, 0.25) is 0 Å². The molecule has 166 valence electrons. The average molecular weight is 424 g/mol. The molecule has 2 amide bonds. The highest BCUT2D eigenvalue weighted by atomic mass is 16.7. The number of rotatable bonds is 9. The molecule has 0 saturated carbocycles. The van der Waals surface area contributed by atoms with Crippen molar-refractivity contribution in [1.82, 2.24) is 10.2 Å². The van der Waals surface area contributed by atoms with Crippen molar-refractivity contribution in [3.8, 4) is 5.75 Å². The summed E-state index contributed by atoms with van der Waals surface area (Å²) < 4.78 is 5.42. The Hall–Kier alpha value is -3.57. The SMILES string of the molecule is CC(C)(C)OC(=O)N(Cc1ccc(O)cc1)[C@H](CCCNC(N)=N[N+](=O)[O-])C(N)=O.